The van der Waals surface area contributed by atoms with Crippen LogP contribution in [0.5, 0.6) is 0 Å². The maximum absolute atomic E-state index is 11.9. The number of carbonyl (C=O) groups is 2. The molecule has 0 spiro atoms. The molecule has 0 radical (unpaired) electrons. The standard InChI is InChI=1S/C11H15N3O4/c15-8-6-9(11(17)18)14(7-8)10(16)2-5-13-4-1-3-12-13/h1,3-4,8-9,15H,2,5-7H2,(H,17,18)/t8-,9+/m1/s1. The van der Waals surface area contributed by atoms with Gasteiger partial charge in [0, 0.05) is 38.3 Å². The predicted octanol–water partition coefficient (Wildman–Crippen LogP) is -0.680. The third-order valence-corrected chi connectivity index (χ3v) is 3.00. The van der Waals surface area contributed by atoms with Crippen molar-refractivity contribution in [2.24, 2.45) is 0 Å². The van der Waals surface area contributed by atoms with E-state index in [1.165, 1.54) is 4.90 Å². The Kier molecular flexibility index (Phi) is 3.61. The Labute approximate surface area is 104 Å². The van der Waals surface area contributed by atoms with Crippen LogP contribution < -0.4 is 0 Å². The predicted molar refractivity (Wildman–Crippen MR) is 60.6 cm³/mol. The molecule has 1 aliphatic rings. The first-order valence-corrected chi connectivity index (χ1v) is 5.75. The molecule has 0 bridgehead atoms. The van der Waals surface area contributed by atoms with Gasteiger partial charge in [-0.05, 0) is 6.07 Å². The minimum Gasteiger partial charge on any atom is -0.480 e. The number of carboxylic acid groups (broad SMARTS) is 1. The first kappa shape index (κ1) is 12.6. The smallest absolute Gasteiger partial charge is 0.326 e. The second-order valence-corrected chi connectivity index (χ2v) is 4.31. The third kappa shape index (κ3) is 2.67. The Morgan fingerprint density at radius 2 is 2.22 bits per heavy atom. The van der Waals surface area contributed by atoms with E-state index in [0.717, 1.165) is 0 Å². The minimum absolute atomic E-state index is 0.0922. The van der Waals surface area contributed by atoms with Crippen LogP contribution in [-0.2, 0) is 16.1 Å². The van der Waals surface area contributed by atoms with Crippen molar-refractivity contribution in [3.63, 3.8) is 0 Å². The molecular formula is C11H15N3O4. The zero-order valence-electron chi connectivity index (χ0n) is 9.77. The second-order valence-electron chi connectivity index (χ2n) is 4.31. The number of aromatic nitrogens is 2. The van der Waals surface area contributed by atoms with Gasteiger partial charge in [0.1, 0.15) is 6.04 Å². The normalized spacial score (nSPS) is 23.3. The lowest BCUT2D eigenvalue weighted by molar-refractivity contribution is -0.148. The number of nitrogens with zero attached hydrogens (tertiary/aromatic N) is 3. The number of aryl methyl sites for hydroxylation is 1. The van der Waals surface area contributed by atoms with E-state index in [2.05, 4.69) is 5.10 Å². The van der Waals surface area contributed by atoms with Gasteiger partial charge < -0.3 is 15.1 Å². The molecule has 7 heteroatoms. The zero-order valence-corrected chi connectivity index (χ0v) is 9.77. The molecule has 0 aromatic carbocycles. The van der Waals surface area contributed by atoms with E-state index in [1.807, 2.05) is 0 Å². The molecule has 2 heterocycles. The molecule has 1 aromatic rings. The van der Waals surface area contributed by atoms with Crippen LogP contribution in [-0.4, -0.2) is 55.5 Å². The van der Waals surface area contributed by atoms with Crippen molar-refractivity contribution in [2.75, 3.05) is 6.54 Å². The third-order valence-electron chi connectivity index (χ3n) is 3.00. The van der Waals surface area contributed by atoms with E-state index in [0.29, 0.717) is 6.54 Å². The molecular weight excluding hydrogens is 238 g/mol. The Hall–Kier alpha value is -1.89. The van der Waals surface area contributed by atoms with Crippen molar-refractivity contribution >= 4 is 11.9 Å². The van der Waals surface area contributed by atoms with Crippen molar-refractivity contribution in [1.82, 2.24) is 14.7 Å². The van der Waals surface area contributed by atoms with Crippen LogP contribution in [0.25, 0.3) is 0 Å². The van der Waals surface area contributed by atoms with Crippen LogP contribution in [0.2, 0.25) is 0 Å². The molecule has 0 aliphatic carbocycles. The fourth-order valence-electron chi connectivity index (χ4n) is 2.11. The fourth-order valence-corrected chi connectivity index (χ4v) is 2.11. The van der Waals surface area contributed by atoms with Crippen molar-refractivity contribution in [1.29, 1.82) is 0 Å². The quantitative estimate of drug-likeness (QED) is 0.741. The highest BCUT2D eigenvalue weighted by molar-refractivity contribution is 5.84. The Balaban J connectivity index is 1.93. The number of rotatable bonds is 4. The van der Waals surface area contributed by atoms with Crippen molar-refractivity contribution in [2.45, 2.75) is 31.5 Å². The number of amides is 1. The van der Waals surface area contributed by atoms with Gasteiger partial charge in [0.2, 0.25) is 5.91 Å². The van der Waals surface area contributed by atoms with E-state index < -0.39 is 18.1 Å². The molecule has 1 amide bonds. The van der Waals surface area contributed by atoms with Gasteiger partial charge >= 0.3 is 5.97 Å². The lowest BCUT2D eigenvalue weighted by Gasteiger charge is -2.21. The van der Waals surface area contributed by atoms with Crippen molar-refractivity contribution in [3.05, 3.63) is 18.5 Å². The lowest BCUT2D eigenvalue weighted by atomic mass is 10.2. The molecule has 2 N–H and O–H groups in total. The lowest BCUT2D eigenvalue weighted by Crippen LogP contribution is -2.40. The van der Waals surface area contributed by atoms with Crippen LogP contribution in [0.1, 0.15) is 12.8 Å². The van der Waals surface area contributed by atoms with Gasteiger partial charge in [-0.25, -0.2) is 4.79 Å². The van der Waals surface area contributed by atoms with Gasteiger partial charge in [0.05, 0.1) is 6.10 Å². The Morgan fingerprint density at radius 1 is 1.44 bits per heavy atom. The average molecular weight is 253 g/mol. The summed E-state index contributed by atoms with van der Waals surface area (Å²) in [5, 5.41) is 22.4. The van der Waals surface area contributed by atoms with E-state index >= 15 is 0 Å². The van der Waals surface area contributed by atoms with Crippen LogP contribution in [0.15, 0.2) is 18.5 Å². The summed E-state index contributed by atoms with van der Waals surface area (Å²) in [5.41, 5.74) is 0. The second kappa shape index (κ2) is 5.18. The maximum atomic E-state index is 11.9. The van der Waals surface area contributed by atoms with Gasteiger partial charge in [-0.1, -0.05) is 0 Å². The molecule has 1 saturated heterocycles. The summed E-state index contributed by atoms with van der Waals surface area (Å²) in [6, 6.07) is 0.842. The molecule has 98 valence electrons. The van der Waals surface area contributed by atoms with Gasteiger partial charge in [-0.15, -0.1) is 0 Å². The topological polar surface area (TPSA) is 95.7 Å². The van der Waals surface area contributed by atoms with E-state index in [-0.39, 0.29) is 25.3 Å². The number of hydrogen-bond donors (Lipinski definition) is 2. The van der Waals surface area contributed by atoms with Crippen LogP contribution in [0.3, 0.4) is 0 Å². The van der Waals surface area contributed by atoms with Crippen LogP contribution in [0.4, 0.5) is 0 Å². The molecule has 0 saturated carbocycles. The van der Waals surface area contributed by atoms with Gasteiger partial charge in [-0.3, -0.25) is 9.48 Å². The summed E-state index contributed by atoms with van der Waals surface area (Å²) in [4.78, 5) is 24.1. The van der Waals surface area contributed by atoms with E-state index in [9.17, 15) is 14.7 Å². The molecule has 2 atom stereocenters. The first-order valence-electron chi connectivity index (χ1n) is 5.75. The van der Waals surface area contributed by atoms with Crippen LogP contribution in [0, 0.1) is 0 Å². The molecule has 0 unspecified atom stereocenters. The maximum Gasteiger partial charge on any atom is 0.326 e. The fraction of sp³-hybridized carbons (Fsp3) is 0.545. The molecule has 2 rings (SSSR count). The largest absolute Gasteiger partial charge is 0.480 e. The Bertz CT molecular complexity index is 432. The summed E-state index contributed by atoms with van der Waals surface area (Å²) >= 11 is 0. The molecule has 1 fully saturated rings. The highest BCUT2D eigenvalue weighted by Gasteiger charge is 2.38. The minimum atomic E-state index is -1.07. The summed E-state index contributed by atoms with van der Waals surface area (Å²) < 4.78 is 1.61. The van der Waals surface area contributed by atoms with Crippen LogP contribution >= 0.6 is 0 Å². The van der Waals surface area contributed by atoms with Gasteiger partial charge in [-0.2, -0.15) is 5.10 Å². The molecule has 7 nitrogen and oxygen atoms in total. The summed E-state index contributed by atoms with van der Waals surface area (Å²) in [6.07, 6.45) is 2.88. The molecule has 1 aliphatic heterocycles. The number of β-amino-alcohol motifs (C(OH)–C–C–N with tert-alkyl or cyclic N) is 1. The van der Waals surface area contributed by atoms with E-state index in [4.69, 9.17) is 5.11 Å². The number of aliphatic hydroxyl groups is 1. The van der Waals surface area contributed by atoms with Gasteiger partial charge in [0.15, 0.2) is 0 Å². The average Bonchev–Trinajstić information content (AvgIpc) is 2.94. The summed E-state index contributed by atoms with van der Waals surface area (Å²) in [5.74, 6) is -1.34. The van der Waals surface area contributed by atoms with Crippen molar-refractivity contribution in [3.8, 4) is 0 Å². The number of aliphatic hydroxyl groups excluding tert-OH is 1. The highest BCUT2D eigenvalue weighted by atomic mass is 16.4. The summed E-state index contributed by atoms with van der Waals surface area (Å²) in [6.45, 7) is 0.500. The number of aliphatic carboxylic acids is 1. The number of carbonyl (C=O) groups excluding carboxylic acids is 1. The van der Waals surface area contributed by atoms with E-state index in [1.54, 1.807) is 23.1 Å². The number of carboxylic acids is 1. The number of hydrogen-bond acceptors (Lipinski definition) is 4. The molecule has 1 aromatic heterocycles. The Morgan fingerprint density at radius 3 is 2.83 bits per heavy atom. The number of likely N-dealkylation sites (tertiary alicyclic amines) is 1. The highest BCUT2D eigenvalue weighted by Crippen LogP contribution is 2.19. The monoisotopic (exact) mass is 253 g/mol. The SMILES string of the molecule is O=C(O)[C@@H]1C[C@@H](O)CN1C(=O)CCn1cccn1. The van der Waals surface area contributed by atoms with Gasteiger partial charge in [0.25, 0.3) is 0 Å². The molecule has 18 heavy (non-hydrogen) atoms. The summed E-state index contributed by atoms with van der Waals surface area (Å²) in [7, 11) is 0. The van der Waals surface area contributed by atoms with Crippen molar-refractivity contribution < 1.29 is 19.8 Å². The zero-order chi connectivity index (χ0) is 13.1. The first-order chi connectivity index (χ1) is 8.58.